The molecule has 0 radical (unpaired) electrons. The van der Waals surface area contributed by atoms with E-state index in [1.54, 1.807) is 13.3 Å². The summed E-state index contributed by atoms with van der Waals surface area (Å²) in [5.74, 6) is 0.784. The van der Waals surface area contributed by atoms with Gasteiger partial charge >= 0.3 is 0 Å². The summed E-state index contributed by atoms with van der Waals surface area (Å²) in [5, 5.41) is 7.54. The van der Waals surface area contributed by atoms with E-state index in [4.69, 9.17) is 4.74 Å². The molecule has 0 aliphatic rings. The van der Waals surface area contributed by atoms with E-state index in [9.17, 15) is 0 Å². The van der Waals surface area contributed by atoms with Gasteiger partial charge in [0, 0.05) is 18.9 Å². The maximum Gasteiger partial charge on any atom is 0.161 e. The zero-order valence-corrected chi connectivity index (χ0v) is 11.1. The predicted molar refractivity (Wildman–Crippen MR) is 69.6 cm³/mol. The summed E-state index contributed by atoms with van der Waals surface area (Å²) in [5.41, 5.74) is 3.14. The Morgan fingerprint density at radius 2 is 2.22 bits per heavy atom. The SMILES string of the molecule is CNC(c1ccnc(C)c1)c1c(OC)cnn1C. The molecule has 0 aliphatic heterocycles. The molecule has 0 spiro atoms. The number of hydrogen-bond donors (Lipinski definition) is 1. The van der Waals surface area contributed by atoms with Crippen LogP contribution in [0.1, 0.15) is 23.0 Å². The molecule has 1 unspecified atom stereocenters. The number of ether oxygens (including phenoxy) is 1. The molecular formula is C13H18N4O. The van der Waals surface area contributed by atoms with Gasteiger partial charge in [-0.15, -0.1) is 0 Å². The predicted octanol–water partition coefficient (Wildman–Crippen LogP) is 1.44. The summed E-state index contributed by atoms with van der Waals surface area (Å²) in [6.45, 7) is 1.98. The fraction of sp³-hybridized carbons (Fsp3) is 0.385. The highest BCUT2D eigenvalue weighted by Gasteiger charge is 2.21. The van der Waals surface area contributed by atoms with Crippen molar-refractivity contribution >= 4 is 0 Å². The monoisotopic (exact) mass is 246 g/mol. The molecule has 2 aromatic rings. The van der Waals surface area contributed by atoms with Crippen LogP contribution in [0.3, 0.4) is 0 Å². The number of pyridine rings is 1. The molecule has 0 aliphatic carbocycles. The highest BCUT2D eigenvalue weighted by atomic mass is 16.5. The minimum Gasteiger partial charge on any atom is -0.493 e. The zero-order valence-electron chi connectivity index (χ0n) is 11.1. The summed E-state index contributed by atoms with van der Waals surface area (Å²) in [4.78, 5) is 4.22. The van der Waals surface area contributed by atoms with Crippen LogP contribution in [0, 0.1) is 6.92 Å². The Morgan fingerprint density at radius 3 is 2.83 bits per heavy atom. The lowest BCUT2D eigenvalue weighted by Gasteiger charge is -2.18. The molecule has 0 saturated heterocycles. The number of hydrogen-bond acceptors (Lipinski definition) is 4. The summed E-state index contributed by atoms with van der Waals surface area (Å²) >= 11 is 0. The van der Waals surface area contributed by atoms with Gasteiger partial charge < -0.3 is 10.1 Å². The Balaban J connectivity index is 2.48. The van der Waals surface area contributed by atoms with E-state index in [-0.39, 0.29) is 6.04 Å². The van der Waals surface area contributed by atoms with Crippen LogP contribution in [0.25, 0.3) is 0 Å². The Kier molecular flexibility index (Phi) is 3.62. The maximum absolute atomic E-state index is 5.36. The van der Waals surface area contributed by atoms with Crippen LogP contribution >= 0.6 is 0 Å². The molecule has 0 saturated carbocycles. The third-order valence-corrected chi connectivity index (χ3v) is 2.99. The van der Waals surface area contributed by atoms with Crippen molar-refractivity contribution in [3.8, 4) is 5.75 Å². The van der Waals surface area contributed by atoms with E-state index >= 15 is 0 Å². The molecule has 18 heavy (non-hydrogen) atoms. The number of aromatic nitrogens is 3. The fourth-order valence-corrected chi connectivity index (χ4v) is 2.12. The summed E-state index contributed by atoms with van der Waals surface area (Å²) in [6, 6.07) is 4.10. The largest absolute Gasteiger partial charge is 0.493 e. The van der Waals surface area contributed by atoms with Crippen molar-refractivity contribution in [2.24, 2.45) is 7.05 Å². The molecule has 0 bridgehead atoms. The molecule has 0 fully saturated rings. The van der Waals surface area contributed by atoms with Gasteiger partial charge in [-0.05, 0) is 31.7 Å². The minimum atomic E-state index is 0.0362. The lowest BCUT2D eigenvalue weighted by molar-refractivity contribution is 0.402. The van der Waals surface area contributed by atoms with E-state index in [1.807, 2.05) is 38.0 Å². The third kappa shape index (κ3) is 2.22. The fourth-order valence-electron chi connectivity index (χ4n) is 2.12. The van der Waals surface area contributed by atoms with Crippen molar-refractivity contribution in [3.05, 3.63) is 41.5 Å². The van der Waals surface area contributed by atoms with Gasteiger partial charge in [-0.25, -0.2) is 0 Å². The Hall–Kier alpha value is -1.88. The molecule has 1 atom stereocenters. The van der Waals surface area contributed by atoms with Crippen molar-refractivity contribution in [1.82, 2.24) is 20.1 Å². The van der Waals surface area contributed by atoms with Crippen LogP contribution in [0.15, 0.2) is 24.5 Å². The van der Waals surface area contributed by atoms with Gasteiger partial charge in [0.15, 0.2) is 5.75 Å². The van der Waals surface area contributed by atoms with Crippen LogP contribution < -0.4 is 10.1 Å². The summed E-state index contributed by atoms with van der Waals surface area (Å²) < 4.78 is 7.19. The molecule has 0 amide bonds. The number of aryl methyl sites for hydroxylation is 2. The molecule has 2 aromatic heterocycles. The van der Waals surface area contributed by atoms with Gasteiger partial charge in [-0.1, -0.05) is 0 Å². The number of rotatable bonds is 4. The zero-order chi connectivity index (χ0) is 13.1. The van der Waals surface area contributed by atoms with Gasteiger partial charge in [-0.3, -0.25) is 9.67 Å². The Bertz CT molecular complexity index is 536. The normalized spacial score (nSPS) is 12.4. The number of nitrogens with one attached hydrogen (secondary N) is 1. The molecule has 96 valence electrons. The number of methoxy groups -OCH3 is 1. The average Bonchev–Trinajstić information content (AvgIpc) is 2.72. The second kappa shape index (κ2) is 5.18. The van der Waals surface area contributed by atoms with Crippen molar-refractivity contribution < 1.29 is 4.74 Å². The first-order valence-electron chi connectivity index (χ1n) is 5.83. The van der Waals surface area contributed by atoms with E-state index in [2.05, 4.69) is 21.5 Å². The Labute approximate surface area is 107 Å². The molecule has 0 aromatic carbocycles. The highest BCUT2D eigenvalue weighted by Crippen LogP contribution is 2.29. The lowest BCUT2D eigenvalue weighted by atomic mass is 10.0. The molecule has 2 rings (SSSR count). The van der Waals surface area contributed by atoms with Gasteiger partial charge in [0.05, 0.1) is 19.3 Å². The van der Waals surface area contributed by atoms with Crippen LogP contribution in [0.2, 0.25) is 0 Å². The van der Waals surface area contributed by atoms with Gasteiger partial charge in [0.25, 0.3) is 0 Å². The smallest absolute Gasteiger partial charge is 0.161 e. The minimum absolute atomic E-state index is 0.0362. The van der Waals surface area contributed by atoms with E-state index in [0.717, 1.165) is 22.7 Å². The molecule has 1 N–H and O–H groups in total. The van der Waals surface area contributed by atoms with E-state index in [1.165, 1.54) is 0 Å². The lowest BCUT2D eigenvalue weighted by Crippen LogP contribution is -2.21. The average molecular weight is 246 g/mol. The quantitative estimate of drug-likeness (QED) is 0.887. The van der Waals surface area contributed by atoms with E-state index in [0.29, 0.717) is 0 Å². The molecule has 5 heteroatoms. The van der Waals surface area contributed by atoms with Crippen LogP contribution in [-0.2, 0) is 7.05 Å². The van der Waals surface area contributed by atoms with Crippen molar-refractivity contribution in [2.45, 2.75) is 13.0 Å². The van der Waals surface area contributed by atoms with E-state index < -0.39 is 0 Å². The molecular weight excluding hydrogens is 228 g/mol. The van der Waals surface area contributed by atoms with Gasteiger partial charge in [0.1, 0.15) is 5.69 Å². The molecule has 2 heterocycles. The number of nitrogens with zero attached hydrogens (tertiary/aromatic N) is 3. The first-order valence-corrected chi connectivity index (χ1v) is 5.83. The van der Waals surface area contributed by atoms with Gasteiger partial charge in [-0.2, -0.15) is 5.10 Å². The van der Waals surface area contributed by atoms with Crippen molar-refractivity contribution in [1.29, 1.82) is 0 Å². The van der Waals surface area contributed by atoms with Crippen LogP contribution in [-0.4, -0.2) is 28.9 Å². The Morgan fingerprint density at radius 1 is 1.44 bits per heavy atom. The van der Waals surface area contributed by atoms with Crippen molar-refractivity contribution in [2.75, 3.05) is 14.2 Å². The summed E-state index contributed by atoms with van der Waals surface area (Å²) in [6.07, 6.45) is 3.55. The topological polar surface area (TPSA) is 52.0 Å². The van der Waals surface area contributed by atoms with Gasteiger partial charge in [0.2, 0.25) is 0 Å². The first-order chi connectivity index (χ1) is 8.67. The third-order valence-electron chi connectivity index (χ3n) is 2.99. The van der Waals surface area contributed by atoms with Crippen LogP contribution in [0.4, 0.5) is 0 Å². The summed E-state index contributed by atoms with van der Waals surface area (Å²) in [7, 11) is 5.49. The molecule has 5 nitrogen and oxygen atoms in total. The maximum atomic E-state index is 5.36. The highest BCUT2D eigenvalue weighted by molar-refractivity contribution is 5.36. The van der Waals surface area contributed by atoms with Crippen molar-refractivity contribution in [3.63, 3.8) is 0 Å². The second-order valence-corrected chi connectivity index (χ2v) is 4.17. The first kappa shape index (κ1) is 12.6. The second-order valence-electron chi connectivity index (χ2n) is 4.17. The van der Waals surface area contributed by atoms with Crippen LogP contribution in [0.5, 0.6) is 5.75 Å². The standard InChI is InChI=1S/C13H18N4O/c1-9-7-10(5-6-15-9)12(14-2)13-11(18-4)8-16-17(13)3/h5-8,12,14H,1-4H3.